The van der Waals surface area contributed by atoms with Gasteiger partial charge >= 0.3 is 0 Å². The van der Waals surface area contributed by atoms with Crippen molar-refractivity contribution >= 4 is 68.4 Å². The van der Waals surface area contributed by atoms with E-state index in [4.69, 9.17) is 4.74 Å². The SMILES string of the molecule is COc1cc(N2CCCc3cc(-c4cn(CC(=O)N5CCC56CCN(c5ccc7c(c5)C(=O)N(C5CCC(=O)NC5=O)C7=O)CC6)c5ccncc45)c(C(F)F)cc32)c2cc(C)c(=O)n(C)c2c1. The Kier molecular flexibility index (Phi) is 10.2. The van der Waals surface area contributed by atoms with E-state index in [9.17, 15) is 28.8 Å². The van der Waals surface area contributed by atoms with Gasteiger partial charge in [0.25, 0.3) is 23.8 Å². The van der Waals surface area contributed by atoms with Gasteiger partial charge in [-0.3, -0.25) is 44.0 Å². The van der Waals surface area contributed by atoms with Crippen molar-refractivity contribution in [3.8, 4) is 16.9 Å². The molecule has 5 aliphatic rings. The Morgan fingerprint density at radius 2 is 1.63 bits per heavy atom. The first-order chi connectivity index (χ1) is 32.7. The summed E-state index contributed by atoms with van der Waals surface area (Å²) >= 11 is 0. The standard InChI is InChI=1S/C51H48F2N8O7/c1-28-19-36-42(56(2)48(28)65)22-31(68-3)23-43(36)59-15-4-5-29-20-33(34(46(52)53)24-41(29)59)38-26-58(39-10-14-54-25-37(38)39)27-45(63)60-18-13-51(60)11-16-57(17-12-51)30-6-7-32-35(21-30)50(67)61(49(32)66)40-8-9-44(62)55-47(40)64/h6-7,10,14,19-26,40,46H,4-5,8-9,11-13,15-18,27H2,1-3H3,(H,55,62,64). The summed E-state index contributed by atoms with van der Waals surface area (Å²) in [6.45, 7) is 4.14. The summed E-state index contributed by atoms with van der Waals surface area (Å²) in [7, 11) is 3.28. The zero-order valence-electron chi connectivity index (χ0n) is 37.8. The highest BCUT2D eigenvalue weighted by molar-refractivity contribution is 6.23. The van der Waals surface area contributed by atoms with Crippen LogP contribution in [-0.4, -0.2) is 98.3 Å². The Labute approximate surface area is 388 Å². The van der Waals surface area contributed by atoms with Crippen molar-refractivity contribution in [3.05, 3.63) is 111 Å². The van der Waals surface area contributed by atoms with Crippen molar-refractivity contribution in [1.82, 2.24) is 29.2 Å². The number of carbonyl (C=O) groups is 5. The Morgan fingerprint density at radius 1 is 0.853 bits per heavy atom. The third-order valence-corrected chi connectivity index (χ3v) is 15.0. The number of aryl methyl sites for hydroxylation is 3. The van der Waals surface area contributed by atoms with Crippen molar-refractivity contribution in [2.75, 3.05) is 43.1 Å². The number of nitrogens with zero attached hydrogens (tertiary/aromatic N) is 7. The average Bonchev–Trinajstić information content (AvgIpc) is 3.81. The van der Waals surface area contributed by atoms with Crippen molar-refractivity contribution in [1.29, 1.82) is 0 Å². The molecule has 3 saturated heterocycles. The number of pyridine rings is 2. The number of nitrogens with one attached hydrogen (secondary N) is 1. The monoisotopic (exact) mass is 922 g/mol. The Bertz CT molecular complexity index is 3250. The number of likely N-dealkylation sites (tertiary alicyclic amines) is 1. The fourth-order valence-corrected chi connectivity index (χ4v) is 11.3. The molecule has 5 aliphatic heterocycles. The Balaban J connectivity index is 0.842. The lowest BCUT2D eigenvalue weighted by Gasteiger charge is -2.56. The van der Waals surface area contributed by atoms with Crippen molar-refractivity contribution in [2.45, 2.75) is 76.4 Å². The molecule has 1 spiro atoms. The van der Waals surface area contributed by atoms with E-state index in [1.54, 1.807) is 74.6 Å². The molecule has 8 heterocycles. The molecule has 348 valence electrons. The van der Waals surface area contributed by atoms with Crippen molar-refractivity contribution in [3.63, 3.8) is 0 Å². The summed E-state index contributed by atoms with van der Waals surface area (Å²) in [6, 6.07) is 14.9. The highest BCUT2D eigenvalue weighted by atomic mass is 19.3. The van der Waals surface area contributed by atoms with E-state index < -0.39 is 36.1 Å². The van der Waals surface area contributed by atoms with E-state index in [0.717, 1.165) is 40.1 Å². The Morgan fingerprint density at radius 3 is 2.37 bits per heavy atom. The first-order valence-electron chi connectivity index (χ1n) is 23.0. The van der Waals surface area contributed by atoms with Crippen molar-refractivity contribution in [2.24, 2.45) is 7.05 Å². The summed E-state index contributed by atoms with van der Waals surface area (Å²) in [5, 5.41) is 3.70. The number of rotatable bonds is 8. The molecule has 0 aliphatic carbocycles. The number of ether oxygens (including phenoxy) is 1. The maximum Gasteiger partial charge on any atom is 0.264 e. The fourth-order valence-electron chi connectivity index (χ4n) is 11.3. The van der Waals surface area contributed by atoms with E-state index in [0.29, 0.717) is 90.0 Å². The maximum atomic E-state index is 15.4. The van der Waals surface area contributed by atoms with Gasteiger partial charge in [0.2, 0.25) is 17.7 Å². The van der Waals surface area contributed by atoms with Crippen LogP contribution in [0.2, 0.25) is 0 Å². The second-order valence-electron chi connectivity index (χ2n) is 18.6. The molecule has 68 heavy (non-hydrogen) atoms. The molecule has 11 rings (SSSR count). The number of hydrogen-bond donors (Lipinski definition) is 1. The van der Waals surface area contributed by atoms with E-state index in [-0.39, 0.29) is 53.1 Å². The van der Waals surface area contributed by atoms with Crippen molar-refractivity contribution < 1.29 is 37.5 Å². The molecule has 3 aromatic heterocycles. The summed E-state index contributed by atoms with van der Waals surface area (Å²) in [4.78, 5) is 89.9. The van der Waals surface area contributed by atoms with Gasteiger partial charge in [0, 0.05) is 115 Å². The quantitative estimate of drug-likeness (QED) is 0.166. The number of imide groups is 2. The van der Waals surface area contributed by atoms with Crippen LogP contribution in [0.25, 0.3) is 32.9 Å². The number of fused-ring (bicyclic) bond motifs is 4. The van der Waals surface area contributed by atoms with Crippen LogP contribution in [0, 0.1) is 6.92 Å². The van der Waals surface area contributed by atoms with Crippen LogP contribution in [0.4, 0.5) is 25.8 Å². The number of hydrogen-bond acceptors (Lipinski definition) is 10. The fraction of sp³-hybridized carbons (Fsp3) is 0.353. The minimum Gasteiger partial charge on any atom is -0.497 e. The second-order valence-corrected chi connectivity index (χ2v) is 18.6. The van der Waals surface area contributed by atoms with E-state index in [1.807, 2.05) is 38.6 Å². The third-order valence-electron chi connectivity index (χ3n) is 15.0. The first-order valence-corrected chi connectivity index (χ1v) is 23.0. The minimum absolute atomic E-state index is 0.00415. The van der Waals surface area contributed by atoms with Gasteiger partial charge in [-0.2, -0.15) is 0 Å². The largest absolute Gasteiger partial charge is 0.497 e. The average molecular weight is 923 g/mol. The zero-order valence-corrected chi connectivity index (χ0v) is 37.8. The van der Waals surface area contributed by atoms with Crippen LogP contribution in [0.1, 0.15) is 82.4 Å². The smallest absolute Gasteiger partial charge is 0.264 e. The number of methoxy groups -OCH3 is 1. The molecule has 1 atom stereocenters. The molecule has 3 aromatic carbocycles. The summed E-state index contributed by atoms with van der Waals surface area (Å²) in [5.74, 6) is -1.73. The molecular formula is C51H48F2N8O7. The molecule has 1 unspecified atom stereocenters. The number of anilines is 3. The predicted molar refractivity (Wildman–Crippen MR) is 250 cm³/mol. The van der Waals surface area contributed by atoms with Crippen LogP contribution in [0.15, 0.2) is 78.0 Å². The molecule has 17 heteroatoms. The minimum atomic E-state index is -2.82. The van der Waals surface area contributed by atoms with E-state index >= 15 is 8.78 Å². The second kappa shape index (κ2) is 16.1. The Hall–Kier alpha value is -7.43. The number of amides is 5. The number of halogens is 2. The van der Waals surface area contributed by atoms with Gasteiger partial charge in [0.15, 0.2) is 0 Å². The van der Waals surface area contributed by atoms with Crippen LogP contribution < -0.4 is 25.4 Å². The van der Waals surface area contributed by atoms with E-state index in [1.165, 1.54) is 0 Å². The van der Waals surface area contributed by atoms with Gasteiger partial charge in [-0.25, -0.2) is 8.78 Å². The number of benzene rings is 3. The number of piperidine rings is 2. The van der Waals surface area contributed by atoms with Crippen LogP contribution in [0.3, 0.4) is 0 Å². The maximum absolute atomic E-state index is 15.4. The zero-order chi connectivity index (χ0) is 47.3. The molecule has 0 saturated carbocycles. The lowest BCUT2D eigenvalue weighted by atomic mass is 9.76. The highest BCUT2D eigenvalue weighted by Gasteiger charge is 2.49. The highest BCUT2D eigenvalue weighted by Crippen LogP contribution is 2.46. The normalized spacial score (nSPS) is 19.0. The van der Waals surface area contributed by atoms with E-state index in [2.05, 4.69) is 15.2 Å². The van der Waals surface area contributed by atoms with Gasteiger partial charge in [0.05, 0.1) is 35.0 Å². The number of alkyl halides is 2. The van der Waals surface area contributed by atoms with Crippen LogP contribution >= 0.6 is 0 Å². The molecule has 1 N–H and O–H groups in total. The number of carbonyl (C=O) groups excluding carboxylic acids is 5. The summed E-state index contributed by atoms with van der Waals surface area (Å²) in [5.41, 5.74) is 5.80. The topological polar surface area (TPSA) is 159 Å². The molecule has 3 fully saturated rings. The van der Waals surface area contributed by atoms with Crippen LogP contribution in [-0.2, 0) is 34.4 Å². The van der Waals surface area contributed by atoms with Gasteiger partial charge in [-0.05, 0) is 99.0 Å². The molecule has 5 amide bonds. The van der Waals surface area contributed by atoms with Gasteiger partial charge < -0.3 is 28.6 Å². The lowest BCUT2D eigenvalue weighted by molar-refractivity contribution is -0.150. The van der Waals surface area contributed by atoms with Gasteiger partial charge in [-0.15, -0.1) is 0 Å². The number of aromatic nitrogens is 3. The molecule has 0 bridgehead atoms. The molecule has 15 nitrogen and oxygen atoms in total. The van der Waals surface area contributed by atoms with Crippen LogP contribution in [0.5, 0.6) is 5.75 Å². The molecule has 0 radical (unpaired) electrons. The van der Waals surface area contributed by atoms with Gasteiger partial charge in [0.1, 0.15) is 18.3 Å². The summed E-state index contributed by atoms with van der Waals surface area (Å²) < 4.78 is 40.0. The lowest BCUT2D eigenvalue weighted by Crippen LogP contribution is -2.66. The van der Waals surface area contributed by atoms with Gasteiger partial charge in [-0.1, -0.05) is 0 Å². The molecular weight excluding hydrogens is 875 g/mol. The summed E-state index contributed by atoms with van der Waals surface area (Å²) in [6.07, 6.45) is 6.02. The third kappa shape index (κ3) is 6.75. The molecule has 6 aromatic rings. The first kappa shape index (κ1) is 43.2. The predicted octanol–water partition coefficient (Wildman–Crippen LogP) is 6.57.